The molecule has 0 aliphatic rings. The van der Waals surface area contributed by atoms with Crippen molar-refractivity contribution in [1.82, 2.24) is 4.90 Å². The second-order valence-electron chi connectivity index (χ2n) is 5.42. The zero-order valence-electron chi connectivity index (χ0n) is 14.8. The second kappa shape index (κ2) is 8.57. The Bertz CT molecular complexity index is 842. The van der Waals surface area contributed by atoms with Gasteiger partial charge in [0.2, 0.25) is 5.91 Å². The largest absolute Gasteiger partial charge is 0.493 e. The van der Waals surface area contributed by atoms with Crippen LogP contribution in [0.15, 0.2) is 39.4 Å². The minimum atomic E-state index is -0.419. The fourth-order valence-corrected chi connectivity index (χ4v) is 2.47. The first kappa shape index (κ1) is 19.6. The van der Waals surface area contributed by atoms with E-state index in [0.29, 0.717) is 27.6 Å². The Morgan fingerprint density at radius 3 is 2.35 bits per heavy atom. The van der Waals surface area contributed by atoms with E-state index in [9.17, 15) is 9.59 Å². The van der Waals surface area contributed by atoms with Crippen LogP contribution < -0.4 is 14.8 Å². The van der Waals surface area contributed by atoms with Gasteiger partial charge >= 0.3 is 0 Å². The smallest absolute Gasteiger partial charge is 0.255 e. The monoisotopic (exact) mass is 422 g/mol. The molecule has 0 unspecified atom stereocenters. The van der Waals surface area contributed by atoms with E-state index < -0.39 is 5.91 Å². The third-order valence-corrected chi connectivity index (χ3v) is 3.84. The van der Waals surface area contributed by atoms with Crippen molar-refractivity contribution >= 4 is 39.5 Å². The number of hydrogen-bond donors (Lipinski definition) is 1. The number of anilines is 1. The molecule has 0 atom stereocenters. The summed E-state index contributed by atoms with van der Waals surface area (Å²) in [4.78, 5) is 26.1. The van der Waals surface area contributed by atoms with E-state index in [0.717, 1.165) is 0 Å². The Morgan fingerprint density at radius 1 is 1.15 bits per heavy atom. The maximum Gasteiger partial charge on any atom is 0.255 e. The summed E-state index contributed by atoms with van der Waals surface area (Å²) < 4.78 is 16.3. The lowest BCUT2D eigenvalue weighted by Crippen LogP contribution is -2.24. The van der Waals surface area contributed by atoms with Gasteiger partial charge in [0.1, 0.15) is 5.76 Å². The highest BCUT2D eigenvalue weighted by molar-refractivity contribution is 9.10. The molecule has 0 aliphatic heterocycles. The minimum absolute atomic E-state index is 0.278. The van der Waals surface area contributed by atoms with Crippen molar-refractivity contribution in [2.45, 2.75) is 0 Å². The molecule has 1 heterocycles. The highest BCUT2D eigenvalue weighted by Crippen LogP contribution is 2.34. The number of benzene rings is 1. The molecule has 138 valence electrons. The molecule has 2 amide bonds. The first-order valence-electron chi connectivity index (χ1n) is 7.57. The van der Waals surface area contributed by atoms with Crippen LogP contribution in [0.5, 0.6) is 11.5 Å². The molecule has 0 aliphatic carbocycles. The van der Waals surface area contributed by atoms with Gasteiger partial charge in [-0.3, -0.25) is 9.59 Å². The van der Waals surface area contributed by atoms with Gasteiger partial charge in [0.25, 0.3) is 5.91 Å². The first-order valence-corrected chi connectivity index (χ1v) is 8.37. The van der Waals surface area contributed by atoms with E-state index in [1.807, 2.05) is 0 Å². The predicted molar refractivity (Wildman–Crippen MR) is 102 cm³/mol. The summed E-state index contributed by atoms with van der Waals surface area (Å²) in [5.41, 5.74) is 0.603. The molecule has 1 aromatic heterocycles. The summed E-state index contributed by atoms with van der Waals surface area (Å²) in [6.07, 6.45) is 2.83. The van der Waals surface area contributed by atoms with Crippen molar-refractivity contribution in [3.8, 4) is 11.5 Å². The van der Waals surface area contributed by atoms with Crippen molar-refractivity contribution < 1.29 is 23.5 Å². The molecule has 0 fully saturated rings. The zero-order valence-corrected chi connectivity index (χ0v) is 16.4. The molecule has 1 aromatic carbocycles. The zero-order chi connectivity index (χ0) is 19.3. The third kappa shape index (κ3) is 4.66. The van der Waals surface area contributed by atoms with Gasteiger partial charge in [-0.2, -0.15) is 0 Å². The normalized spacial score (nSPS) is 10.7. The quantitative estimate of drug-likeness (QED) is 0.721. The molecular weight excluding hydrogens is 404 g/mol. The summed E-state index contributed by atoms with van der Waals surface area (Å²) in [6.45, 7) is 0. The number of carbonyl (C=O) groups is 2. The minimum Gasteiger partial charge on any atom is -0.493 e. The molecule has 2 aromatic rings. The van der Waals surface area contributed by atoms with Gasteiger partial charge in [0.05, 0.1) is 25.5 Å². The summed E-state index contributed by atoms with van der Waals surface area (Å²) in [5, 5.41) is 2.69. The number of halogens is 1. The topological polar surface area (TPSA) is 81.0 Å². The molecule has 0 spiro atoms. The lowest BCUT2D eigenvalue weighted by Gasteiger charge is -2.17. The number of hydrogen-bond acceptors (Lipinski definition) is 5. The highest BCUT2D eigenvalue weighted by atomic mass is 79.9. The standard InChI is InChI=1S/C18H19BrN2O5/c1-21(2)18(23)12-9-14(24-3)15(25-4)10-13(12)20-17(22)8-6-11-5-7-16(19)26-11/h5-10H,1-4H3,(H,20,22). The summed E-state index contributed by atoms with van der Waals surface area (Å²) in [7, 11) is 6.20. The molecule has 7 nitrogen and oxygen atoms in total. The van der Waals surface area contributed by atoms with Crippen molar-refractivity contribution in [3.63, 3.8) is 0 Å². The van der Waals surface area contributed by atoms with Crippen LogP contribution in [0.3, 0.4) is 0 Å². The van der Waals surface area contributed by atoms with Gasteiger partial charge in [-0.15, -0.1) is 0 Å². The predicted octanol–water partition coefficient (Wildman–Crippen LogP) is 3.41. The number of nitrogens with zero attached hydrogens (tertiary/aromatic N) is 1. The molecule has 26 heavy (non-hydrogen) atoms. The van der Waals surface area contributed by atoms with Crippen LogP contribution in [0.25, 0.3) is 6.08 Å². The van der Waals surface area contributed by atoms with Gasteiger partial charge in [-0.05, 0) is 40.2 Å². The van der Waals surface area contributed by atoms with Crippen LogP contribution >= 0.6 is 15.9 Å². The van der Waals surface area contributed by atoms with Crippen LogP contribution in [0, 0.1) is 0 Å². The first-order chi connectivity index (χ1) is 12.3. The fourth-order valence-electron chi connectivity index (χ4n) is 2.15. The van der Waals surface area contributed by atoms with E-state index in [1.54, 1.807) is 32.3 Å². The van der Waals surface area contributed by atoms with Crippen molar-refractivity contribution in [1.29, 1.82) is 0 Å². The average Bonchev–Trinajstić information content (AvgIpc) is 3.04. The maximum atomic E-state index is 12.4. The van der Waals surface area contributed by atoms with Crippen LogP contribution in [0.1, 0.15) is 16.1 Å². The maximum absolute atomic E-state index is 12.4. The van der Waals surface area contributed by atoms with Crippen molar-refractivity contribution in [3.05, 3.63) is 46.3 Å². The van der Waals surface area contributed by atoms with Gasteiger partial charge in [0, 0.05) is 26.2 Å². The molecule has 0 saturated heterocycles. The number of carbonyl (C=O) groups excluding carboxylic acids is 2. The van der Waals surface area contributed by atoms with Crippen molar-refractivity contribution in [2.75, 3.05) is 33.6 Å². The lowest BCUT2D eigenvalue weighted by atomic mass is 10.1. The number of nitrogens with one attached hydrogen (secondary N) is 1. The molecule has 0 saturated carbocycles. The van der Waals surface area contributed by atoms with E-state index >= 15 is 0 Å². The van der Waals surface area contributed by atoms with E-state index in [4.69, 9.17) is 13.9 Å². The van der Waals surface area contributed by atoms with Gasteiger partial charge < -0.3 is 24.1 Å². The summed E-state index contributed by atoms with van der Waals surface area (Å²) in [6, 6.07) is 6.51. The van der Waals surface area contributed by atoms with Crippen LogP contribution in [-0.4, -0.2) is 45.0 Å². The molecule has 2 rings (SSSR count). The molecule has 0 bridgehead atoms. The van der Waals surface area contributed by atoms with Crippen LogP contribution in [0.2, 0.25) is 0 Å². The summed E-state index contributed by atoms with van der Waals surface area (Å²) >= 11 is 3.19. The number of amides is 2. The molecule has 8 heteroatoms. The molecule has 1 N–H and O–H groups in total. The average molecular weight is 423 g/mol. The van der Waals surface area contributed by atoms with Crippen molar-refractivity contribution in [2.24, 2.45) is 0 Å². The number of ether oxygens (including phenoxy) is 2. The van der Waals surface area contributed by atoms with Gasteiger partial charge in [-0.1, -0.05) is 0 Å². The number of rotatable bonds is 6. The van der Waals surface area contributed by atoms with E-state index in [2.05, 4.69) is 21.2 Å². The van der Waals surface area contributed by atoms with Gasteiger partial charge in [-0.25, -0.2) is 0 Å². The Labute approximate surface area is 159 Å². The van der Waals surface area contributed by atoms with E-state index in [-0.39, 0.29) is 11.5 Å². The summed E-state index contributed by atoms with van der Waals surface area (Å²) in [5.74, 6) is 0.616. The number of furan rings is 1. The van der Waals surface area contributed by atoms with Gasteiger partial charge in [0.15, 0.2) is 16.2 Å². The van der Waals surface area contributed by atoms with Crippen LogP contribution in [0.4, 0.5) is 5.69 Å². The fraction of sp³-hybridized carbons (Fsp3) is 0.222. The highest BCUT2D eigenvalue weighted by Gasteiger charge is 2.19. The Hall–Kier alpha value is -2.74. The van der Waals surface area contributed by atoms with E-state index in [1.165, 1.54) is 37.3 Å². The Balaban J connectivity index is 2.32. The molecule has 0 radical (unpaired) electrons. The Kier molecular flexibility index (Phi) is 6.46. The SMILES string of the molecule is COc1cc(NC(=O)C=Cc2ccc(Br)o2)c(C(=O)N(C)C)cc1OC. The lowest BCUT2D eigenvalue weighted by molar-refractivity contribution is -0.111. The third-order valence-electron chi connectivity index (χ3n) is 3.41. The Morgan fingerprint density at radius 2 is 1.81 bits per heavy atom. The van der Waals surface area contributed by atoms with Crippen LogP contribution in [-0.2, 0) is 4.79 Å². The second-order valence-corrected chi connectivity index (χ2v) is 6.20. The number of methoxy groups -OCH3 is 2. The molecular formula is C18H19BrN2O5.